The number of nitrogens with one attached hydrogen (secondary N) is 1. The lowest BCUT2D eigenvalue weighted by Gasteiger charge is -2.29. The highest BCUT2D eigenvalue weighted by atomic mass is 79.9. The number of hydrogen-bond acceptors (Lipinski definition) is 5. The van der Waals surface area contributed by atoms with Gasteiger partial charge >= 0.3 is 18.1 Å². The van der Waals surface area contributed by atoms with Crippen molar-refractivity contribution in [2.45, 2.75) is 25.8 Å². The number of carbonyl (C=O) groups excluding carboxylic acids is 2. The Hall–Kier alpha value is -2.03. The highest BCUT2D eigenvalue weighted by Crippen LogP contribution is 2.33. The molecule has 0 aliphatic carbocycles. The zero-order valence-corrected chi connectivity index (χ0v) is 13.5. The van der Waals surface area contributed by atoms with E-state index in [2.05, 4.69) is 21.2 Å². The first-order valence-electron chi connectivity index (χ1n) is 6.29. The lowest BCUT2D eigenvalue weighted by atomic mass is 10.2. The fourth-order valence-corrected chi connectivity index (χ4v) is 2.26. The van der Waals surface area contributed by atoms with Crippen molar-refractivity contribution in [2.75, 3.05) is 5.32 Å². The van der Waals surface area contributed by atoms with Crippen LogP contribution in [-0.2, 0) is 25.2 Å². The number of benzene rings is 1. The van der Waals surface area contributed by atoms with Crippen LogP contribution < -0.4 is 5.32 Å². The lowest BCUT2D eigenvalue weighted by molar-refractivity contribution is -0.222. The van der Waals surface area contributed by atoms with Gasteiger partial charge in [0.1, 0.15) is 0 Å². The summed E-state index contributed by atoms with van der Waals surface area (Å²) in [5.41, 5.74) is -1.30. The molecule has 23 heavy (non-hydrogen) atoms. The Bertz CT molecular complexity index is 676. The molecule has 124 valence electrons. The minimum absolute atomic E-state index is 0.0321. The Morgan fingerprint density at radius 3 is 2.22 bits per heavy atom. The van der Waals surface area contributed by atoms with E-state index in [4.69, 9.17) is 9.47 Å². The summed E-state index contributed by atoms with van der Waals surface area (Å²) in [4.78, 5) is 23.4. The Morgan fingerprint density at radius 2 is 1.70 bits per heavy atom. The van der Waals surface area contributed by atoms with Crippen molar-refractivity contribution in [3.8, 4) is 0 Å². The third-order valence-corrected chi connectivity index (χ3v) is 3.18. The number of anilines is 1. The largest absolute Gasteiger partial charge is 0.419 e. The predicted octanol–water partition coefficient (Wildman–Crippen LogP) is 3.60. The predicted molar refractivity (Wildman–Crippen MR) is 77.1 cm³/mol. The molecule has 1 aliphatic rings. The standard InChI is InChI=1S/C14H11BrF3NO4/c1-13(2)22-11(20)10(12(21)23-13)6-19-9-4-7(14(16,17)18)3-8(15)5-9/h3-6,19H,1-2H3. The molecule has 0 atom stereocenters. The molecule has 2 rings (SSSR count). The van der Waals surface area contributed by atoms with E-state index in [9.17, 15) is 22.8 Å². The Balaban J connectivity index is 2.25. The summed E-state index contributed by atoms with van der Waals surface area (Å²) in [5, 5.41) is 2.46. The second-order valence-corrected chi connectivity index (χ2v) is 6.02. The fraction of sp³-hybridized carbons (Fsp3) is 0.286. The number of esters is 2. The number of ether oxygens (including phenoxy) is 2. The van der Waals surface area contributed by atoms with Crippen LogP contribution in [0.2, 0.25) is 0 Å². The van der Waals surface area contributed by atoms with Crippen LogP contribution in [0.1, 0.15) is 19.4 Å². The molecule has 1 N–H and O–H groups in total. The summed E-state index contributed by atoms with van der Waals surface area (Å²) in [6.45, 7) is 2.77. The number of hydrogen-bond donors (Lipinski definition) is 1. The molecule has 1 aromatic carbocycles. The molecule has 0 amide bonds. The Morgan fingerprint density at radius 1 is 1.13 bits per heavy atom. The molecule has 0 spiro atoms. The van der Waals surface area contributed by atoms with Gasteiger partial charge in [-0.05, 0) is 18.2 Å². The maximum absolute atomic E-state index is 12.7. The third kappa shape index (κ3) is 4.25. The Labute approximate surface area is 137 Å². The van der Waals surface area contributed by atoms with E-state index in [1.807, 2.05) is 0 Å². The van der Waals surface area contributed by atoms with E-state index < -0.39 is 35.0 Å². The van der Waals surface area contributed by atoms with Crippen LogP contribution in [0.3, 0.4) is 0 Å². The van der Waals surface area contributed by atoms with Crippen LogP contribution >= 0.6 is 15.9 Å². The molecule has 0 saturated carbocycles. The summed E-state index contributed by atoms with van der Waals surface area (Å²) in [5.74, 6) is -3.24. The lowest BCUT2D eigenvalue weighted by Crippen LogP contribution is -2.42. The van der Waals surface area contributed by atoms with E-state index in [1.165, 1.54) is 19.9 Å². The van der Waals surface area contributed by atoms with Gasteiger partial charge in [-0.3, -0.25) is 0 Å². The maximum atomic E-state index is 12.7. The molecule has 0 unspecified atom stereocenters. The van der Waals surface area contributed by atoms with Gasteiger partial charge in [0.15, 0.2) is 5.57 Å². The minimum Gasteiger partial charge on any atom is -0.419 e. The molecule has 9 heteroatoms. The number of rotatable bonds is 2. The second-order valence-electron chi connectivity index (χ2n) is 5.11. The highest BCUT2D eigenvalue weighted by molar-refractivity contribution is 9.10. The van der Waals surface area contributed by atoms with Gasteiger partial charge in [-0.1, -0.05) is 15.9 Å². The maximum Gasteiger partial charge on any atom is 0.416 e. The van der Waals surface area contributed by atoms with E-state index in [1.54, 1.807) is 0 Å². The smallest absolute Gasteiger partial charge is 0.416 e. The quantitative estimate of drug-likeness (QED) is 0.472. The van der Waals surface area contributed by atoms with Gasteiger partial charge in [-0.15, -0.1) is 0 Å². The van der Waals surface area contributed by atoms with Gasteiger partial charge in [-0.25, -0.2) is 9.59 Å². The van der Waals surface area contributed by atoms with Crippen molar-refractivity contribution in [3.05, 3.63) is 40.0 Å². The molecule has 1 aliphatic heterocycles. The number of halogens is 4. The number of carbonyl (C=O) groups is 2. The van der Waals surface area contributed by atoms with Crippen molar-refractivity contribution in [1.29, 1.82) is 0 Å². The Kier molecular flexibility index (Phi) is 4.43. The zero-order valence-electron chi connectivity index (χ0n) is 12.0. The summed E-state index contributed by atoms with van der Waals surface area (Å²) >= 11 is 2.97. The normalized spacial score (nSPS) is 17.4. The molecule has 5 nitrogen and oxygen atoms in total. The number of cyclic esters (lactones) is 2. The topological polar surface area (TPSA) is 64.6 Å². The molecule has 1 fully saturated rings. The van der Waals surface area contributed by atoms with Crippen molar-refractivity contribution < 1.29 is 32.2 Å². The molecular formula is C14H11BrF3NO4. The fourth-order valence-electron chi connectivity index (χ4n) is 1.77. The first-order chi connectivity index (χ1) is 10.5. The van der Waals surface area contributed by atoms with Crippen molar-refractivity contribution in [1.82, 2.24) is 0 Å². The third-order valence-electron chi connectivity index (χ3n) is 2.73. The highest BCUT2D eigenvalue weighted by Gasteiger charge is 2.39. The van der Waals surface area contributed by atoms with Gasteiger partial charge in [-0.2, -0.15) is 13.2 Å². The molecule has 0 bridgehead atoms. The molecule has 1 saturated heterocycles. The second kappa shape index (κ2) is 5.88. The van der Waals surface area contributed by atoms with Crippen LogP contribution in [0, 0.1) is 0 Å². The monoisotopic (exact) mass is 393 g/mol. The molecule has 1 heterocycles. The van der Waals surface area contributed by atoms with Crippen LogP contribution in [0.15, 0.2) is 34.4 Å². The first kappa shape index (κ1) is 17.3. The summed E-state index contributed by atoms with van der Waals surface area (Å²) in [6.07, 6.45) is -3.58. The molecule has 1 aromatic rings. The first-order valence-corrected chi connectivity index (χ1v) is 7.08. The van der Waals surface area contributed by atoms with E-state index in [0.29, 0.717) is 0 Å². The van der Waals surface area contributed by atoms with Gasteiger partial charge in [0, 0.05) is 30.2 Å². The van der Waals surface area contributed by atoms with Crippen molar-refractivity contribution in [2.24, 2.45) is 0 Å². The zero-order chi connectivity index (χ0) is 17.4. The molecule has 0 radical (unpaired) electrons. The van der Waals surface area contributed by atoms with E-state index in [0.717, 1.165) is 18.3 Å². The summed E-state index contributed by atoms with van der Waals surface area (Å²) in [7, 11) is 0. The van der Waals surface area contributed by atoms with Crippen LogP contribution in [-0.4, -0.2) is 17.7 Å². The van der Waals surface area contributed by atoms with E-state index >= 15 is 0 Å². The number of alkyl halides is 3. The van der Waals surface area contributed by atoms with Gasteiger partial charge < -0.3 is 14.8 Å². The van der Waals surface area contributed by atoms with Gasteiger partial charge in [0.25, 0.3) is 5.79 Å². The molecular weight excluding hydrogens is 383 g/mol. The van der Waals surface area contributed by atoms with Gasteiger partial charge in [0.2, 0.25) is 0 Å². The summed E-state index contributed by atoms with van der Waals surface area (Å²) < 4.78 is 48.1. The summed E-state index contributed by atoms with van der Waals surface area (Å²) in [6, 6.07) is 3.10. The van der Waals surface area contributed by atoms with Crippen LogP contribution in [0.4, 0.5) is 18.9 Å². The average molecular weight is 394 g/mol. The van der Waals surface area contributed by atoms with E-state index in [-0.39, 0.29) is 10.2 Å². The SMILES string of the molecule is CC1(C)OC(=O)C(=CNc2cc(Br)cc(C(F)(F)F)c2)C(=O)O1. The van der Waals surface area contributed by atoms with Gasteiger partial charge in [0.05, 0.1) is 5.56 Å². The van der Waals surface area contributed by atoms with Crippen LogP contribution in [0.25, 0.3) is 0 Å². The average Bonchev–Trinajstić information content (AvgIpc) is 2.34. The van der Waals surface area contributed by atoms with Crippen LogP contribution in [0.5, 0.6) is 0 Å². The van der Waals surface area contributed by atoms with Crippen molar-refractivity contribution in [3.63, 3.8) is 0 Å². The van der Waals surface area contributed by atoms with Crippen molar-refractivity contribution >= 4 is 33.6 Å². The minimum atomic E-state index is -4.53. The molecule has 0 aromatic heterocycles.